The van der Waals surface area contributed by atoms with E-state index < -0.39 is 12.3 Å². The van der Waals surface area contributed by atoms with Crippen molar-refractivity contribution in [3.05, 3.63) is 71.1 Å². The third kappa shape index (κ3) is 3.72. The van der Waals surface area contributed by atoms with Crippen molar-refractivity contribution in [2.75, 3.05) is 13.7 Å². The Balaban J connectivity index is 1.74. The number of amides is 1. The highest BCUT2D eigenvalue weighted by Crippen LogP contribution is 2.32. The average Bonchev–Trinajstić information content (AvgIpc) is 3.10. The van der Waals surface area contributed by atoms with Gasteiger partial charge in [0.1, 0.15) is 29.8 Å². The van der Waals surface area contributed by atoms with Crippen molar-refractivity contribution in [3.63, 3.8) is 0 Å². The molecule has 160 valence electrons. The minimum Gasteiger partial charge on any atom is -0.445 e. The molecule has 1 atom stereocenters. The first kappa shape index (κ1) is 20.1. The number of nitrogens with zero attached hydrogens (tertiary/aromatic N) is 5. The van der Waals surface area contributed by atoms with Gasteiger partial charge in [0, 0.05) is 24.2 Å². The summed E-state index contributed by atoms with van der Waals surface area (Å²) < 4.78 is 20.6. The molecule has 1 unspecified atom stereocenters. The van der Waals surface area contributed by atoms with E-state index in [9.17, 15) is 9.18 Å². The van der Waals surface area contributed by atoms with Crippen LogP contribution in [0.25, 0.3) is 11.0 Å². The number of carbonyl (C=O) groups excluding carboxylic acids is 1. The number of primary amides is 1. The van der Waals surface area contributed by atoms with Crippen LogP contribution >= 0.6 is 0 Å². The van der Waals surface area contributed by atoms with E-state index in [0.717, 1.165) is 5.39 Å². The molecule has 0 fully saturated rings. The van der Waals surface area contributed by atoms with Crippen LogP contribution in [-0.4, -0.2) is 45.2 Å². The number of carbonyl (C=O) groups is 1. The van der Waals surface area contributed by atoms with E-state index in [2.05, 4.69) is 15.1 Å². The molecular formula is C20H21FN8O2. The van der Waals surface area contributed by atoms with E-state index in [0.29, 0.717) is 22.5 Å². The quantitative estimate of drug-likeness (QED) is 0.556. The molecule has 3 aromatic rings. The summed E-state index contributed by atoms with van der Waals surface area (Å²) in [6, 6.07) is 10.1. The molecule has 3 heterocycles. The summed E-state index contributed by atoms with van der Waals surface area (Å²) in [6.45, 7) is -0.00354. The number of halogens is 1. The van der Waals surface area contributed by atoms with Crippen molar-refractivity contribution in [1.82, 2.24) is 19.7 Å². The number of aliphatic imine (C=N–C) groups is 1. The number of nitrogens with two attached hydrogens (primary N) is 3. The number of pyridine rings is 1. The maximum absolute atomic E-state index is 14.2. The molecule has 31 heavy (non-hydrogen) atoms. The summed E-state index contributed by atoms with van der Waals surface area (Å²) in [6.07, 6.45) is 0.0502. The zero-order chi connectivity index (χ0) is 22.1. The lowest BCUT2D eigenvalue weighted by molar-refractivity contribution is 0.166. The Morgan fingerprint density at radius 3 is 2.74 bits per heavy atom. The average molecular weight is 424 g/mol. The lowest BCUT2D eigenvalue weighted by Gasteiger charge is -2.32. The van der Waals surface area contributed by atoms with Crippen LogP contribution in [0.5, 0.6) is 0 Å². The van der Waals surface area contributed by atoms with Crippen molar-refractivity contribution < 1.29 is 13.9 Å². The molecule has 0 saturated carbocycles. The highest BCUT2D eigenvalue weighted by Gasteiger charge is 2.31. The molecule has 1 amide bonds. The Morgan fingerprint density at radius 1 is 1.23 bits per heavy atom. The van der Waals surface area contributed by atoms with E-state index in [-0.39, 0.29) is 30.6 Å². The summed E-state index contributed by atoms with van der Waals surface area (Å²) in [5, 5.41) is 5.40. The molecule has 11 heteroatoms. The SMILES string of the molecule is CN1C(N)=C(COC(N)=O)C(N)=NC1c1nn(Cc2ccccc2F)c2ncccc12. The molecule has 0 bridgehead atoms. The van der Waals surface area contributed by atoms with Crippen LogP contribution in [0.15, 0.2) is 59.0 Å². The number of amidine groups is 1. The first-order chi connectivity index (χ1) is 14.9. The van der Waals surface area contributed by atoms with Crippen LogP contribution in [0.2, 0.25) is 0 Å². The fourth-order valence-corrected chi connectivity index (χ4v) is 3.43. The fourth-order valence-electron chi connectivity index (χ4n) is 3.43. The van der Waals surface area contributed by atoms with Gasteiger partial charge in [0.2, 0.25) is 0 Å². The monoisotopic (exact) mass is 424 g/mol. The van der Waals surface area contributed by atoms with E-state index in [1.54, 1.807) is 47.1 Å². The van der Waals surface area contributed by atoms with Gasteiger partial charge in [-0.2, -0.15) is 5.10 Å². The summed E-state index contributed by atoms with van der Waals surface area (Å²) in [5.74, 6) is 0.0638. The molecule has 1 aromatic carbocycles. The molecule has 1 aliphatic heterocycles. The van der Waals surface area contributed by atoms with Crippen LogP contribution in [-0.2, 0) is 11.3 Å². The van der Waals surface area contributed by atoms with Crippen molar-refractivity contribution in [3.8, 4) is 0 Å². The van der Waals surface area contributed by atoms with Gasteiger partial charge in [0.15, 0.2) is 11.8 Å². The van der Waals surface area contributed by atoms with Gasteiger partial charge >= 0.3 is 6.09 Å². The predicted molar refractivity (Wildman–Crippen MR) is 112 cm³/mol. The Labute approximate surface area is 176 Å². The second-order valence-corrected chi connectivity index (χ2v) is 6.98. The fraction of sp³-hybridized carbons (Fsp3) is 0.200. The second-order valence-electron chi connectivity index (χ2n) is 6.98. The number of rotatable bonds is 5. The highest BCUT2D eigenvalue weighted by atomic mass is 19.1. The third-order valence-electron chi connectivity index (χ3n) is 5.04. The molecule has 2 aromatic heterocycles. The maximum atomic E-state index is 14.2. The van der Waals surface area contributed by atoms with Crippen molar-refractivity contribution in [1.29, 1.82) is 0 Å². The molecule has 0 saturated heterocycles. The maximum Gasteiger partial charge on any atom is 0.404 e. The van der Waals surface area contributed by atoms with Gasteiger partial charge in [-0.1, -0.05) is 18.2 Å². The van der Waals surface area contributed by atoms with E-state index in [1.165, 1.54) is 6.07 Å². The smallest absolute Gasteiger partial charge is 0.404 e. The first-order valence-corrected chi connectivity index (χ1v) is 9.39. The van der Waals surface area contributed by atoms with Gasteiger partial charge in [-0.15, -0.1) is 0 Å². The standard InChI is InChI=1S/C20H21FN8O2/c1-28-17(23)13(10-31-20(24)30)16(22)26-19(28)15-12-6-4-8-25-18(12)29(27-15)9-11-5-2-3-7-14(11)21/h2-8,19H,9-10,23H2,1H3,(H2,22,26)(H2,24,30). The largest absolute Gasteiger partial charge is 0.445 e. The lowest BCUT2D eigenvalue weighted by atomic mass is 10.1. The van der Waals surface area contributed by atoms with Crippen LogP contribution in [0.3, 0.4) is 0 Å². The van der Waals surface area contributed by atoms with Crippen molar-refractivity contribution in [2.45, 2.75) is 12.7 Å². The molecular weight excluding hydrogens is 403 g/mol. The molecule has 4 rings (SSSR count). The van der Waals surface area contributed by atoms with Gasteiger partial charge in [-0.3, -0.25) is 0 Å². The normalized spacial score (nSPS) is 16.5. The topological polar surface area (TPSA) is 151 Å². The molecule has 0 aliphatic carbocycles. The number of benzene rings is 1. The number of ether oxygens (including phenoxy) is 1. The summed E-state index contributed by atoms with van der Waals surface area (Å²) in [7, 11) is 1.72. The molecule has 6 N–H and O–H groups in total. The first-order valence-electron chi connectivity index (χ1n) is 9.39. The van der Waals surface area contributed by atoms with Gasteiger partial charge in [0.05, 0.1) is 12.1 Å². The van der Waals surface area contributed by atoms with Crippen molar-refractivity contribution >= 4 is 23.0 Å². The molecule has 10 nitrogen and oxygen atoms in total. The summed E-state index contributed by atoms with van der Waals surface area (Å²) >= 11 is 0. The third-order valence-corrected chi connectivity index (χ3v) is 5.04. The van der Waals surface area contributed by atoms with Crippen LogP contribution < -0.4 is 17.2 Å². The Kier molecular flexibility index (Phi) is 5.15. The number of hydrogen-bond acceptors (Lipinski definition) is 8. The lowest BCUT2D eigenvalue weighted by Crippen LogP contribution is -2.39. The van der Waals surface area contributed by atoms with E-state index in [4.69, 9.17) is 21.9 Å². The van der Waals surface area contributed by atoms with Crippen LogP contribution in [0.4, 0.5) is 9.18 Å². The van der Waals surface area contributed by atoms with Gasteiger partial charge < -0.3 is 26.8 Å². The zero-order valence-corrected chi connectivity index (χ0v) is 16.7. The molecule has 0 spiro atoms. The number of aromatic nitrogens is 3. The van der Waals surface area contributed by atoms with Gasteiger partial charge in [-0.25, -0.2) is 23.8 Å². The minimum absolute atomic E-state index is 0.113. The molecule has 0 radical (unpaired) electrons. The summed E-state index contributed by atoms with van der Waals surface area (Å²) in [4.78, 5) is 21.5. The van der Waals surface area contributed by atoms with Crippen LogP contribution in [0, 0.1) is 5.82 Å². The molecule has 1 aliphatic rings. The Morgan fingerprint density at radius 2 is 2.00 bits per heavy atom. The Hall–Kier alpha value is -4.15. The number of fused-ring (bicyclic) bond motifs is 1. The predicted octanol–water partition coefficient (Wildman–Crippen LogP) is 1.19. The van der Waals surface area contributed by atoms with Crippen LogP contribution in [0.1, 0.15) is 17.4 Å². The van der Waals surface area contributed by atoms with Crippen molar-refractivity contribution in [2.24, 2.45) is 22.2 Å². The Bertz CT molecular complexity index is 1220. The minimum atomic E-state index is -0.943. The van der Waals surface area contributed by atoms with E-state index in [1.807, 2.05) is 6.07 Å². The van der Waals surface area contributed by atoms with Gasteiger partial charge in [0.25, 0.3) is 0 Å². The zero-order valence-electron chi connectivity index (χ0n) is 16.7. The summed E-state index contributed by atoms with van der Waals surface area (Å²) in [5.41, 5.74) is 19.3. The van der Waals surface area contributed by atoms with Gasteiger partial charge in [-0.05, 0) is 18.2 Å². The number of hydrogen-bond donors (Lipinski definition) is 3. The van der Waals surface area contributed by atoms with E-state index >= 15 is 0 Å². The second kappa shape index (κ2) is 7.94. The highest BCUT2D eigenvalue weighted by molar-refractivity contribution is 5.99.